The maximum Gasteiger partial charge on any atom is 0.307 e. The van der Waals surface area contributed by atoms with Crippen LogP contribution in [0.3, 0.4) is 0 Å². The van der Waals surface area contributed by atoms with Gasteiger partial charge in [0.15, 0.2) is 0 Å². The van der Waals surface area contributed by atoms with Gasteiger partial charge in [-0.1, -0.05) is 23.7 Å². The number of benzene rings is 2. The van der Waals surface area contributed by atoms with Crippen LogP contribution in [0.25, 0.3) is 0 Å². The van der Waals surface area contributed by atoms with Crippen molar-refractivity contribution in [2.45, 2.75) is 6.42 Å². The van der Waals surface area contributed by atoms with E-state index in [2.05, 4.69) is 0 Å². The van der Waals surface area contributed by atoms with Crippen LogP contribution < -0.4 is 4.74 Å². The second kappa shape index (κ2) is 6.09. The average molecular weight is 288 g/mol. The van der Waals surface area contributed by atoms with Gasteiger partial charge in [0.1, 0.15) is 17.6 Å². The number of carbonyl (C=O) groups is 1. The summed E-state index contributed by atoms with van der Waals surface area (Å²) in [7, 11) is 0. The first kappa shape index (κ1) is 13.9. The topological polar surface area (TPSA) is 70.3 Å². The summed E-state index contributed by atoms with van der Waals surface area (Å²) in [5, 5.41) is 18.2. The third kappa shape index (κ3) is 3.50. The molecule has 0 aliphatic heterocycles. The molecule has 2 aromatic carbocycles. The molecule has 0 bridgehead atoms. The first-order valence-corrected chi connectivity index (χ1v) is 6.14. The third-order valence-corrected chi connectivity index (χ3v) is 2.81. The lowest BCUT2D eigenvalue weighted by Gasteiger charge is -2.08. The molecule has 0 fully saturated rings. The van der Waals surface area contributed by atoms with Gasteiger partial charge in [-0.15, -0.1) is 0 Å². The van der Waals surface area contributed by atoms with Crippen molar-refractivity contribution in [2.75, 3.05) is 0 Å². The Kier molecular flexibility index (Phi) is 4.24. The predicted octanol–water partition coefficient (Wildman–Crippen LogP) is 3.63. The highest BCUT2D eigenvalue weighted by Gasteiger charge is 2.06. The van der Waals surface area contributed by atoms with Crippen molar-refractivity contribution in [1.82, 2.24) is 0 Å². The fourth-order valence-electron chi connectivity index (χ4n) is 1.65. The molecule has 0 radical (unpaired) electrons. The van der Waals surface area contributed by atoms with E-state index in [9.17, 15) is 4.79 Å². The Labute approximate surface area is 120 Å². The fourth-order valence-corrected chi connectivity index (χ4v) is 1.81. The van der Waals surface area contributed by atoms with Crippen molar-refractivity contribution in [3.05, 3.63) is 58.6 Å². The third-order valence-electron chi connectivity index (χ3n) is 2.57. The Bertz CT molecular complexity index is 675. The van der Waals surface area contributed by atoms with Gasteiger partial charge in [0, 0.05) is 11.1 Å². The van der Waals surface area contributed by atoms with E-state index in [0.29, 0.717) is 27.6 Å². The van der Waals surface area contributed by atoms with Gasteiger partial charge in [-0.05, 0) is 29.8 Å². The molecular weight excluding hydrogens is 278 g/mol. The van der Waals surface area contributed by atoms with Crippen LogP contribution >= 0.6 is 11.6 Å². The number of nitrogens with zero attached hydrogens (tertiary/aromatic N) is 1. The molecule has 2 rings (SSSR count). The number of carboxylic acid groups (broad SMARTS) is 1. The second-order valence-corrected chi connectivity index (χ2v) is 4.51. The van der Waals surface area contributed by atoms with Crippen molar-refractivity contribution in [3.63, 3.8) is 0 Å². The largest absolute Gasteiger partial charge is 0.481 e. The normalized spacial score (nSPS) is 9.80. The van der Waals surface area contributed by atoms with E-state index in [1.807, 2.05) is 6.07 Å². The maximum atomic E-state index is 10.6. The van der Waals surface area contributed by atoms with Gasteiger partial charge in [-0.2, -0.15) is 5.26 Å². The number of hydrogen-bond acceptors (Lipinski definition) is 3. The Morgan fingerprint density at radius 1 is 1.25 bits per heavy atom. The summed E-state index contributed by atoms with van der Waals surface area (Å²) in [6.45, 7) is 0. The van der Waals surface area contributed by atoms with Gasteiger partial charge in [0.25, 0.3) is 0 Å². The van der Waals surface area contributed by atoms with E-state index in [1.165, 1.54) is 0 Å². The van der Waals surface area contributed by atoms with Crippen molar-refractivity contribution < 1.29 is 14.6 Å². The van der Waals surface area contributed by atoms with E-state index in [1.54, 1.807) is 42.5 Å². The van der Waals surface area contributed by atoms with Crippen LogP contribution in [-0.2, 0) is 11.2 Å². The molecule has 5 heteroatoms. The van der Waals surface area contributed by atoms with Crippen LogP contribution in [0.4, 0.5) is 0 Å². The van der Waals surface area contributed by atoms with E-state index >= 15 is 0 Å². The zero-order valence-corrected chi connectivity index (χ0v) is 11.1. The second-order valence-electron chi connectivity index (χ2n) is 4.07. The lowest BCUT2D eigenvalue weighted by Crippen LogP contribution is -1.99. The van der Waals surface area contributed by atoms with Crippen LogP contribution in [0, 0.1) is 11.3 Å². The first-order valence-electron chi connectivity index (χ1n) is 5.77. The molecule has 0 aromatic heterocycles. The summed E-state index contributed by atoms with van der Waals surface area (Å²) in [6, 6.07) is 13.4. The van der Waals surface area contributed by atoms with Crippen LogP contribution in [0.15, 0.2) is 42.5 Å². The van der Waals surface area contributed by atoms with Crippen LogP contribution in [0.5, 0.6) is 11.5 Å². The van der Waals surface area contributed by atoms with Crippen LogP contribution in [-0.4, -0.2) is 11.1 Å². The summed E-state index contributed by atoms with van der Waals surface area (Å²) in [6.07, 6.45) is -0.0408. The highest BCUT2D eigenvalue weighted by Crippen LogP contribution is 2.28. The number of ether oxygens (including phenoxy) is 1. The lowest BCUT2D eigenvalue weighted by molar-refractivity contribution is -0.136. The minimum absolute atomic E-state index is 0.0408. The van der Waals surface area contributed by atoms with Crippen LogP contribution in [0.1, 0.15) is 11.1 Å². The van der Waals surface area contributed by atoms with Gasteiger partial charge < -0.3 is 9.84 Å². The average Bonchev–Trinajstić information content (AvgIpc) is 2.41. The van der Waals surface area contributed by atoms with Crippen molar-refractivity contribution in [3.8, 4) is 17.6 Å². The monoisotopic (exact) mass is 287 g/mol. The molecule has 0 atom stereocenters. The standard InChI is InChI=1S/C15H10ClNO3/c16-12-4-3-11(9-17)14(8-12)20-13-5-1-10(2-6-13)7-15(18)19/h1-6,8H,7H2,(H,18,19). The smallest absolute Gasteiger partial charge is 0.307 e. The molecule has 4 nitrogen and oxygen atoms in total. The number of carboxylic acids is 1. The van der Waals surface area contributed by atoms with Crippen LogP contribution in [0.2, 0.25) is 5.02 Å². The number of nitriles is 1. The highest BCUT2D eigenvalue weighted by molar-refractivity contribution is 6.30. The molecule has 0 aliphatic rings. The van der Waals surface area contributed by atoms with Crippen molar-refractivity contribution >= 4 is 17.6 Å². The Balaban J connectivity index is 2.20. The summed E-state index contributed by atoms with van der Waals surface area (Å²) in [5.41, 5.74) is 1.06. The minimum atomic E-state index is -0.889. The van der Waals surface area contributed by atoms with E-state index in [-0.39, 0.29) is 6.42 Å². The van der Waals surface area contributed by atoms with E-state index in [0.717, 1.165) is 0 Å². The van der Waals surface area contributed by atoms with Gasteiger partial charge in [0.2, 0.25) is 0 Å². The number of hydrogen-bond donors (Lipinski definition) is 1. The molecule has 0 saturated heterocycles. The van der Waals surface area contributed by atoms with Gasteiger partial charge in [-0.25, -0.2) is 0 Å². The Hall–Kier alpha value is -2.51. The summed E-state index contributed by atoms with van der Waals surface area (Å²) in [5.74, 6) is -0.0100. The number of halogens is 1. The molecule has 0 saturated carbocycles. The molecule has 0 aliphatic carbocycles. The van der Waals surface area contributed by atoms with Crippen molar-refractivity contribution in [2.24, 2.45) is 0 Å². The Morgan fingerprint density at radius 2 is 1.95 bits per heavy atom. The number of aliphatic carboxylic acids is 1. The maximum absolute atomic E-state index is 10.6. The van der Waals surface area contributed by atoms with Crippen molar-refractivity contribution in [1.29, 1.82) is 5.26 Å². The first-order chi connectivity index (χ1) is 9.58. The number of rotatable bonds is 4. The lowest BCUT2D eigenvalue weighted by atomic mass is 10.1. The summed E-state index contributed by atoms with van der Waals surface area (Å²) >= 11 is 5.87. The zero-order valence-electron chi connectivity index (χ0n) is 10.3. The van der Waals surface area contributed by atoms with Gasteiger partial charge in [0.05, 0.1) is 12.0 Å². The predicted molar refractivity (Wildman–Crippen MR) is 74.0 cm³/mol. The molecule has 1 N–H and O–H groups in total. The molecule has 100 valence electrons. The summed E-state index contributed by atoms with van der Waals surface area (Å²) in [4.78, 5) is 10.6. The molecular formula is C15H10ClNO3. The van der Waals surface area contributed by atoms with Gasteiger partial charge in [-0.3, -0.25) is 4.79 Å². The van der Waals surface area contributed by atoms with Gasteiger partial charge >= 0.3 is 5.97 Å². The quantitative estimate of drug-likeness (QED) is 0.932. The molecule has 0 amide bonds. The fraction of sp³-hybridized carbons (Fsp3) is 0.0667. The zero-order chi connectivity index (χ0) is 14.5. The summed E-state index contributed by atoms with van der Waals surface area (Å²) < 4.78 is 5.59. The van der Waals surface area contributed by atoms with E-state index < -0.39 is 5.97 Å². The highest BCUT2D eigenvalue weighted by atomic mass is 35.5. The minimum Gasteiger partial charge on any atom is -0.481 e. The molecule has 0 unspecified atom stereocenters. The molecule has 2 aromatic rings. The van der Waals surface area contributed by atoms with E-state index in [4.69, 9.17) is 26.7 Å². The molecule has 0 heterocycles. The molecule has 20 heavy (non-hydrogen) atoms. The molecule has 0 spiro atoms. The SMILES string of the molecule is N#Cc1ccc(Cl)cc1Oc1ccc(CC(=O)O)cc1. The Morgan fingerprint density at radius 3 is 2.55 bits per heavy atom.